The molecule has 1 heterocycles. The van der Waals surface area contributed by atoms with Crippen LogP contribution in [0.3, 0.4) is 0 Å². The zero-order chi connectivity index (χ0) is 13.7. The van der Waals surface area contributed by atoms with Crippen LogP contribution in [0.5, 0.6) is 0 Å². The van der Waals surface area contributed by atoms with E-state index in [0.29, 0.717) is 19.8 Å². The summed E-state index contributed by atoms with van der Waals surface area (Å²) in [6.45, 7) is 1.94. The van der Waals surface area contributed by atoms with Gasteiger partial charge in [-0.15, -0.1) is 0 Å². The molecule has 1 saturated carbocycles. The molecule has 0 radical (unpaired) electrons. The fourth-order valence-electron chi connectivity index (χ4n) is 2.61. The van der Waals surface area contributed by atoms with E-state index in [0.717, 1.165) is 12.3 Å². The maximum absolute atomic E-state index is 12.0. The van der Waals surface area contributed by atoms with Gasteiger partial charge in [-0.3, -0.25) is 4.79 Å². The number of hydrogen-bond acceptors (Lipinski definition) is 3. The molecule has 2 rings (SSSR count). The summed E-state index contributed by atoms with van der Waals surface area (Å²) >= 11 is 0. The van der Waals surface area contributed by atoms with Crippen molar-refractivity contribution in [2.45, 2.75) is 38.1 Å². The number of morpholine rings is 1. The normalized spacial score (nSPS) is 23.8. The molecular formula is C13H22N2O4. The Morgan fingerprint density at radius 2 is 2.16 bits per heavy atom. The number of nitrogens with zero attached hydrogens (tertiary/aromatic N) is 1. The minimum Gasteiger partial charge on any atom is -0.481 e. The molecule has 2 amide bonds. The van der Waals surface area contributed by atoms with Crippen LogP contribution in [0.1, 0.15) is 32.1 Å². The van der Waals surface area contributed by atoms with Crippen molar-refractivity contribution in [3.05, 3.63) is 0 Å². The number of carboxylic acid groups (broad SMARTS) is 1. The van der Waals surface area contributed by atoms with Gasteiger partial charge in [-0.1, -0.05) is 19.3 Å². The van der Waals surface area contributed by atoms with Crippen molar-refractivity contribution in [2.24, 2.45) is 5.92 Å². The SMILES string of the molecule is O=C(O)CCNC(=O)N1CCOCC1CC1CCC1. The highest BCUT2D eigenvalue weighted by atomic mass is 16.5. The molecule has 0 aromatic rings. The average molecular weight is 270 g/mol. The van der Waals surface area contributed by atoms with E-state index in [9.17, 15) is 9.59 Å². The molecule has 108 valence electrons. The van der Waals surface area contributed by atoms with E-state index >= 15 is 0 Å². The van der Waals surface area contributed by atoms with Gasteiger partial charge in [-0.05, 0) is 12.3 Å². The minimum absolute atomic E-state index is 0.0383. The molecule has 0 aromatic carbocycles. The number of carbonyl (C=O) groups excluding carboxylic acids is 1. The maximum Gasteiger partial charge on any atom is 0.317 e. The zero-order valence-corrected chi connectivity index (χ0v) is 11.1. The predicted octanol–water partition coefficient (Wildman–Crippen LogP) is 1.06. The number of ether oxygens (including phenoxy) is 1. The van der Waals surface area contributed by atoms with Gasteiger partial charge in [0, 0.05) is 13.1 Å². The lowest BCUT2D eigenvalue weighted by Gasteiger charge is -2.39. The quantitative estimate of drug-likeness (QED) is 0.783. The van der Waals surface area contributed by atoms with E-state index in [1.54, 1.807) is 0 Å². The Balaban J connectivity index is 1.79. The highest BCUT2D eigenvalue weighted by Crippen LogP contribution is 2.32. The van der Waals surface area contributed by atoms with Gasteiger partial charge < -0.3 is 20.1 Å². The van der Waals surface area contributed by atoms with Crippen LogP contribution in [0.25, 0.3) is 0 Å². The van der Waals surface area contributed by atoms with E-state index in [4.69, 9.17) is 9.84 Å². The largest absolute Gasteiger partial charge is 0.481 e. The summed E-state index contributed by atoms with van der Waals surface area (Å²) in [7, 11) is 0. The second-order valence-corrected chi connectivity index (χ2v) is 5.33. The van der Waals surface area contributed by atoms with Crippen LogP contribution in [0.4, 0.5) is 4.79 Å². The summed E-state index contributed by atoms with van der Waals surface area (Å²) in [4.78, 5) is 24.3. The van der Waals surface area contributed by atoms with E-state index in [1.165, 1.54) is 19.3 Å². The zero-order valence-electron chi connectivity index (χ0n) is 11.1. The van der Waals surface area contributed by atoms with Gasteiger partial charge in [-0.2, -0.15) is 0 Å². The third-order valence-electron chi connectivity index (χ3n) is 3.93. The van der Waals surface area contributed by atoms with E-state index in [2.05, 4.69) is 5.32 Å². The molecule has 2 aliphatic rings. The van der Waals surface area contributed by atoms with Crippen molar-refractivity contribution in [1.29, 1.82) is 0 Å². The molecule has 6 heteroatoms. The Kier molecular flexibility index (Phi) is 5.01. The van der Waals surface area contributed by atoms with Crippen LogP contribution in [0, 0.1) is 5.92 Å². The first-order valence-corrected chi connectivity index (χ1v) is 7.01. The van der Waals surface area contributed by atoms with Crippen LogP contribution < -0.4 is 5.32 Å². The van der Waals surface area contributed by atoms with Gasteiger partial charge in [0.05, 0.1) is 25.7 Å². The van der Waals surface area contributed by atoms with Crippen molar-refractivity contribution in [2.75, 3.05) is 26.3 Å². The van der Waals surface area contributed by atoms with Crippen LogP contribution in [-0.4, -0.2) is 54.4 Å². The van der Waals surface area contributed by atoms with E-state index in [-0.39, 0.29) is 25.0 Å². The van der Waals surface area contributed by atoms with Crippen LogP contribution >= 0.6 is 0 Å². The second-order valence-electron chi connectivity index (χ2n) is 5.33. The molecule has 0 bridgehead atoms. The van der Waals surface area contributed by atoms with Gasteiger partial charge in [0.25, 0.3) is 0 Å². The van der Waals surface area contributed by atoms with Gasteiger partial charge in [0.15, 0.2) is 0 Å². The fraction of sp³-hybridized carbons (Fsp3) is 0.846. The number of hydrogen-bond donors (Lipinski definition) is 2. The first kappa shape index (κ1) is 14.1. The summed E-state index contributed by atoms with van der Waals surface area (Å²) in [5.74, 6) is -0.172. The van der Waals surface area contributed by atoms with Crippen LogP contribution in [0.15, 0.2) is 0 Å². The summed E-state index contributed by atoms with van der Waals surface area (Å²) in [5, 5.41) is 11.2. The Morgan fingerprint density at radius 1 is 1.37 bits per heavy atom. The fourth-order valence-corrected chi connectivity index (χ4v) is 2.61. The summed E-state index contributed by atoms with van der Waals surface area (Å²) in [6.07, 6.45) is 4.77. The Labute approximate surface area is 113 Å². The summed E-state index contributed by atoms with van der Waals surface area (Å²) in [6, 6.07) is -0.0160. The van der Waals surface area contributed by atoms with Crippen LogP contribution in [0.2, 0.25) is 0 Å². The molecule has 1 aliphatic heterocycles. The number of rotatable bonds is 5. The van der Waals surface area contributed by atoms with Crippen molar-refractivity contribution < 1.29 is 19.4 Å². The predicted molar refractivity (Wildman–Crippen MR) is 68.9 cm³/mol. The molecule has 0 aromatic heterocycles. The third-order valence-corrected chi connectivity index (χ3v) is 3.93. The van der Waals surface area contributed by atoms with Crippen molar-refractivity contribution in [3.63, 3.8) is 0 Å². The van der Waals surface area contributed by atoms with Gasteiger partial charge in [-0.25, -0.2) is 4.79 Å². The standard InChI is InChI=1S/C13H22N2O4/c16-12(17)4-5-14-13(18)15-6-7-19-9-11(15)8-10-2-1-3-10/h10-11H,1-9H2,(H,14,18)(H,16,17). The number of nitrogens with one attached hydrogen (secondary N) is 1. The highest BCUT2D eigenvalue weighted by Gasteiger charge is 2.31. The lowest BCUT2D eigenvalue weighted by molar-refractivity contribution is -0.136. The van der Waals surface area contributed by atoms with Crippen LogP contribution in [-0.2, 0) is 9.53 Å². The smallest absolute Gasteiger partial charge is 0.317 e. The molecule has 2 fully saturated rings. The number of amides is 2. The lowest BCUT2D eigenvalue weighted by atomic mass is 9.80. The molecule has 6 nitrogen and oxygen atoms in total. The van der Waals surface area contributed by atoms with Gasteiger partial charge in [0.1, 0.15) is 0 Å². The highest BCUT2D eigenvalue weighted by molar-refractivity contribution is 5.75. The maximum atomic E-state index is 12.0. The monoisotopic (exact) mass is 270 g/mol. The summed E-state index contributed by atoms with van der Waals surface area (Å²) < 4.78 is 5.46. The van der Waals surface area contributed by atoms with Crippen molar-refractivity contribution in [3.8, 4) is 0 Å². The van der Waals surface area contributed by atoms with E-state index < -0.39 is 5.97 Å². The topological polar surface area (TPSA) is 78.9 Å². The molecule has 1 atom stereocenters. The number of carboxylic acids is 1. The molecule has 19 heavy (non-hydrogen) atoms. The third kappa shape index (κ3) is 4.09. The molecule has 1 aliphatic carbocycles. The molecule has 0 spiro atoms. The molecule has 1 saturated heterocycles. The molecular weight excluding hydrogens is 248 g/mol. The van der Waals surface area contributed by atoms with Crippen molar-refractivity contribution >= 4 is 12.0 Å². The minimum atomic E-state index is -0.895. The number of carbonyl (C=O) groups is 2. The number of urea groups is 1. The second kappa shape index (κ2) is 6.75. The first-order chi connectivity index (χ1) is 9.16. The van der Waals surface area contributed by atoms with Crippen molar-refractivity contribution in [1.82, 2.24) is 10.2 Å². The van der Waals surface area contributed by atoms with E-state index in [1.807, 2.05) is 4.90 Å². The Morgan fingerprint density at radius 3 is 2.79 bits per heavy atom. The van der Waals surface area contributed by atoms with Gasteiger partial charge >= 0.3 is 12.0 Å². The lowest BCUT2D eigenvalue weighted by Crippen LogP contribution is -2.53. The molecule has 1 unspecified atom stereocenters. The number of aliphatic carboxylic acids is 1. The Hall–Kier alpha value is -1.30. The first-order valence-electron chi connectivity index (χ1n) is 7.01. The Bertz CT molecular complexity index is 331. The summed E-state index contributed by atoms with van der Waals surface area (Å²) in [5.41, 5.74) is 0. The van der Waals surface area contributed by atoms with Gasteiger partial charge in [0.2, 0.25) is 0 Å². The average Bonchev–Trinajstić information content (AvgIpc) is 2.33. The molecule has 2 N–H and O–H groups in total.